The molecule has 140 valence electrons. The van der Waals surface area contributed by atoms with Crippen molar-refractivity contribution in [2.24, 2.45) is 16.8 Å². The Morgan fingerprint density at radius 3 is 2.64 bits per heavy atom. The van der Waals surface area contributed by atoms with E-state index in [9.17, 15) is 0 Å². The maximum atomic E-state index is 5.44. The van der Waals surface area contributed by atoms with Gasteiger partial charge in [-0.3, -0.25) is 4.99 Å². The Morgan fingerprint density at radius 2 is 1.96 bits per heavy atom. The van der Waals surface area contributed by atoms with Gasteiger partial charge < -0.3 is 15.0 Å². The first kappa shape index (κ1) is 20.5. The van der Waals surface area contributed by atoms with Gasteiger partial charge in [0.2, 0.25) is 0 Å². The van der Waals surface area contributed by atoms with E-state index in [2.05, 4.69) is 52.6 Å². The summed E-state index contributed by atoms with van der Waals surface area (Å²) >= 11 is 0. The van der Waals surface area contributed by atoms with Gasteiger partial charge in [-0.15, -0.1) is 24.0 Å². The molecular formula is C20H32IN3O. The van der Waals surface area contributed by atoms with E-state index >= 15 is 0 Å². The van der Waals surface area contributed by atoms with Gasteiger partial charge in [0.25, 0.3) is 0 Å². The third kappa shape index (κ3) is 6.13. The minimum atomic E-state index is 0. The standard InChI is InChI=1S/C20H31N3O.HI/c1-21-20(23(2)11-8-16-9-12-24-13-10-16)22-15-18-14-19(18)17-6-4-3-5-7-17;/h3-7,16,18-19H,8-15H2,1-2H3,(H,21,22);1H. The van der Waals surface area contributed by atoms with Crippen LogP contribution >= 0.6 is 24.0 Å². The molecule has 0 radical (unpaired) electrons. The number of hydrogen-bond acceptors (Lipinski definition) is 2. The van der Waals surface area contributed by atoms with E-state index in [1.54, 1.807) is 0 Å². The van der Waals surface area contributed by atoms with Crippen molar-refractivity contribution in [2.75, 3.05) is 40.4 Å². The van der Waals surface area contributed by atoms with Crippen molar-refractivity contribution in [2.45, 2.75) is 31.6 Å². The molecule has 1 aromatic carbocycles. The SMILES string of the molecule is CN=C(NCC1CC1c1ccccc1)N(C)CCC1CCOCC1.I. The molecule has 1 aliphatic carbocycles. The number of ether oxygens (including phenoxy) is 1. The summed E-state index contributed by atoms with van der Waals surface area (Å²) in [6.07, 6.45) is 4.94. The van der Waals surface area contributed by atoms with Crippen LogP contribution < -0.4 is 5.32 Å². The second-order valence-corrected chi connectivity index (χ2v) is 7.21. The molecule has 2 aliphatic rings. The molecule has 3 rings (SSSR count). The Morgan fingerprint density at radius 1 is 1.24 bits per heavy atom. The first-order chi connectivity index (χ1) is 11.8. The van der Waals surface area contributed by atoms with Crippen molar-refractivity contribution < 1.29 is 4.74 Å². The summed E-state index contributed by atoms with van der Waals surface area (Å²) in [4.78, 5) is 6.73. The normalized spacial score (nSPS) is 23.7. The zero-order chi connectivity index (χ0) is 16.8. The van der Waals surface area contributed by atoms with Crippen molar-refractivity contribution in [3.8, 4) is 0 Å². The molecule has 5 heteroatoms. The molecule has 2 atom stereocenters. The van der Waals surface area contributed by atoms with Crippen LogP contribution in [0.5, 0.6) is 0 Å². The van der Waals surface area contributed by atoms with Gasteiger partial charge in [0.1, 0.15) is 0 Å². The highest BCUT2D eigenvalue weighted by Crippen LogP contribution is 2.46. The second-order valence-electron chi connectivity index (χ2n) is 7.21. The van der Waals surface area contributed by atoms with Crippen LogP contribution in [0.2, 0.25) is 0 Å². The Labute approximate surface area is 169 Å². The second kappa shape index (κ2) is 10.4. The Kier molecular flexibility index (Phi) is 8.49. The smallest absolute Gasteiger partial charge is 0.193 e. The third-order valence-corrected chi connectivity index (χ3v) is 5.46. The molecule has 2 fully saturated rings. The van der Waals surface area contributed by atoms with Crippen LogP contribution in [0.15, 0.2) is 35.3 Å². The summed E-state index contributed by atoms with van der Waals surface area (Å²) < 4.78 is 5.44. The molecule has 1 aromatic rings. The van der Waals surface area contributed by atoms with Crippen molar-refractivity contribution in [3.05, 3.63) is 35.9 Å². The molecular weight excluding hydrogens is 425 g/mol. The number of hydrogen-bond donors (Lipinski definition) is 1. The first-order valence-electron chi connectivity index (χ1n) is 9.32. The zero-order valence-corrected chi connectivity index (χ0v) is 17.8. The van der Waals surface area contributed by atoms with Gasteiger partial charge >= 0.3 is 0 Å². The summed E-state index contributed by atoms with van der Waals surface area (Å²) in [6, 6.07) is 10.9. The number of nitrogens with zero attached hydrogens (tertiary/aromatic N) is 2. The summed E-state index contributed by atoms with van der Waals surface area (Å²) in [5.41, 5.74) is 1.48. The molecule has 4 nitrogen and oxygen atoms in total. The fourth-order valence-corrected chi connectivity index (χ4v) is 3.71. The van der Waals surface area contributed by atoms with Crippen LogP contribution in [-0.2, 0) is 4.74 Å². The quantitative estimate of drug-likeness (QED) is 0.402. The lowest BCUT2D eigenvalue weighted by Crippen LogP contribution is -2.41. The highest BCUT2D eigenvalue weighted by atomic mass is 127. The predicted octanol–water partition coefficient (Wildman–Crippen LogP) is 3.73. The van der Waals surface area contributed by atoms with Crippen molar-refractivity contribution >= 4 is 29.9 Å². The van der Waals surface area contributed by atoms with Crippen LogP contribution in [0, 0.1) is 11.8 Å². The molecule has 1 N–H and O–H groups in total. The molecule has 25 heavy (non-hydrogen) atoms. The molecule has 0 spiro atoms. The number of rotatable bonds is 6. The van der Waals surface area contributed by atoms with E-state index in [0.717, 1.165) is 50.0 Å². The lowest BCUT2D eigenvalue weighted by molar-refractivity contribution is 0.0625. The van der Waals surface area contributed by atoms with E-state index in [4.69, 9.17) is 4.74 Å². The van der Waals surface area contributed by atoms with Gasteiger partial charge in [-0.1, -0.05) is 30.3 Å². The van der Waals surface area contributed by atoms with Gasteiger partial charge in [0.15, 0.2) is 5.96 Å². The molecule has 1 aliphatic heterocycles. The first-order valence-corrected chi connectivity index (χ1v) is 9.32. The van der Waals surface area contributed by atoms with Gasteiger partial charge in [0.05, 0.1) is 0 Å². The van der Waals surface area contributed by atoms with Crippen LogP contribution in [0.4, 0.5) is 0 Å². The van der Waals surface area contributed by atoms with E-state index < -0.39 is 0 Å². The van der Waals surface area contributed by atoms with E-state index in [1.165, 1.54) is 31.2 Å². The molecule has 0 bridgehead atoms. The summed E-state index contributed by atoms with van der Waals surface area (Å²) in [6.45, 7) is 3.96. The van der Waals surface area contributed by atoms with Crippen molar-refractivity contribution in [1.82, 2.24) is 10.2 Å². The number of guanidine groups is 1. The van der Waals surface area contributed by atoms with Crippen molar-refractivity contribution in [1.29, 1.82) is 0 Å². The molecule has 0 amide bonds. The molecule has 1 saturated heterocycles. The lowest BCUT2D eigenvalue weighted by Gasteiger charge is -2.26. The topological polar surface area (TPSA) is 36.9 Å². The summed E-state index contributed by atoms with van der Waals surface area (Å²) in [5.74, 6) is 3.31. The fourth-order valence-electron chi connectivity index (χ4n) is 3.71. The summed E-state index contributed by atoms with van der Waals surface area (Å²) in [7, 11) is 4.03. The van der Waals surface area contributed by atoms with Gasteiger partial charge in [0, 0.05) is 40.4 Å². The van der Waals surface area contributed by atoms with E-state index in [1.807, 2.05) is 7.05 Å². The molecule has 1 heterocycles. The fraction of sp³-hybridized carbons (Fsp3) is 0.650. The van der Waals surface area contributed by atoms with Gasteiger partial charge in [-0.2, -0.15) is 0 Å². The average molecular weight is 457 g/mol. The van der Waals surface area contributed by atoms with Crippen LogP contribution in [0.1, 0.15) is 37.2 Å². The number of halogens is 1. The zero-order valence-electron chi connectivity index (χ0n) is 15.5. The monoisotopic (exact) mass is 457 g/mol. The largest absolute Gasteiger partial charge is 0.381 e. The number of aliphatic imine (C=N–C) groups is 1. The highest BCUT2D eigenvalue weighted by Gasteiger charge is 2.37. The molecule has 2 unspecified atom stereocenters. The Hall–Kier alpha value is -0.820. The maximum Gasteiger partial charge on any atom is 0.193 e. The Balaban J connectivity index is 0.00000225. The van der Waals surface area contributed by atoms with Crippen LogP contribution in [0.25, 0.3) is 0 Å². The molecule has 1 saturated carbocycles. The van der Waals surface area contributed by atoms with Gasteiger partial charge in [-0.05, 0) is 49.0 Å². The minimum absolute atomic E-state index is 0. The van der Waals surface area contributed by atoms with Crippen LogP contribution in [0.3, 0.4) is 0 Å². The summed E-state index contributed by atoms with van der Waals surface area (Å²) in [5, 5.41) is 3.57. The van der Waals surface area contributed by atoms with E-state index in [0.29, 0.717) is 0 Å². The van der Waals surface area contributed by atoms with Crippen molar-refractivity contribution in [3.63, 3.8) is 0 Å². The van der Waals surface area contributed by atoms with E-state index in [-0.39, 0.29) is 24.0 Å². The average Bonchev–Trinajstić information content (AvgIpc) is 3.42. The van der Waals surface area contributed by atoms with Gasteiger partial charge in [-0.25, -0.2) is 0 Å². The minimum Gasteiger partial charge on any atom is -0.381 e. The number of benzene rings is 1. The molecule has 0 aromatic heterocycles. The number of nitrogens with one attached hydrogen (secondary N) is 1. The Bertz CT molecular complexity index is 531. The lowest BCUT2D eigenvalue weighted by atomic mass is 9.96. The predicted molar refractivity (Wildman–Crippen MR) is 115 cm³/mol. The third-order valence-electron chi connectivity index (χ3n) is 5.46. The maximum absolute atomic E-state index is 5.44. The van der Waals surface area contributed by atoms with Crippen LogP contribution in [-0.4, -0.2) is 51.3 Å². The highest BCUT2D eigenvalue weighted by molar-refractivity contribution is 14.0.